The molecule has 0 bridgehead atoms. The highest BCUT2D eigenvalue weighted by Gasteiger charge is 2.10. The van der Waals surface area contributed by atoms with E-state index in [1.807, 2.05) is 0 Å². The van der Waals surface area contributed by atoms with Gasteiger partial charge < -0.3 is 4.90 Å². The Hall–Kier alpha value is -0.840. The highest BCUT2D eigenvalue weighted by molar-refractivity contribution is 9.09. The maximum absolute atomic E-state index is 11.4. The number of aromatic nitrogens is 2. The maximum atomic E-state index is 11.4. The summed E-state index contributed by atoms with van der Waals surface area (Å²) in [5, 5.41) is 7.08. The van der Waals surface area contributed by atoms with Gasteiger partial charge in [0, 0.05) is 25.1 Å². The Morgan fingerprint density at radius 2 is 2.58 bits per heavy atom. The Morgan fingerprint density at radius 1 is 1.83 bits per heavy atom. The molecular weight excluding hydrogens is 222 g/mol. The molecule has 66 valence electrons. The van der Waals surface area contributed by atoms with Crippen LogP contribution in [0.2, 0.25) is 0 Å². The predicted octanol–water partition coefficient (Wildman–Crippen LogP) is 0.877. The lowest BCUT2D eigenvalue weighted by Gasteiger charge is -2.13. The molecule has 5 heteroatoms. The molecular formula is C7H10BrN3O. The number of alkyl halides is 1. The van der Waals surface area contributed by atoms with Crippen LogP contribution in [0.1, 0.15) is 10.4 Å². The van der Waals surface area contributed by atoms with E-state index in [1.54, 1.807) is 18.1 Å². The zero-order valence-corrected chi connectivity index (χ0v) is 8.34. The summed E-state index contributed by atoms with van der Waals surface area (Å²) in [6, 6.07) is 0. The first-order valence-corrected chi connectivity index (χ1v) is 4.68. The van der Waals surface area contributed by atoms with Gasteiger partial charge in [-0.25, -0.2) is 0 Å². The molecule has 0 spiro atoms. The number of hydrogen-bond donors (Lipinski definition) is 1. The molecule has 0 aliphatic carbocycles. The Labute approximate surface area is 79.1 Å². The van der Waals surface area contributed by atoms with E-state index in [-0.39, 0.29) is 5.91 Å². The zero-order chi connectivity index (χ0) is 8.97. The highest BCUT2D eigenvalue weighted by atomic mass is 79.9. The van der Waals surface area contributed by atoms with E-state index in [0.717, 1.165) is 5.33 Å². The second-order valence-electron chi connectivity index (χ2n) is 2.40. The van der Waals surface area contributed by atoms with Crippen LogP contribution in [0.4, 0.5) is 0 Å². The summed E-state index contributed by atoms with van der Waals surface area (Å²) in [6.45, 7) is 0.698. The summed E-state index contributed by atoms with van der Waals surface area (Å²) < 4.78 is 0. The lowest BCUT2D eigenvalue weighted by molar-refractivity contribution is 0.0804. The minimum absolute atomic E-state index is 0.0109. The largest absolute Gasteiger partial charge is 0.341 e. The van der Waals surface area contributed by atoms with Gasteiger partial charge in [0.15, 0.2) is 0 Å². The van der Waals surface area contributed by atoms with Crippen molar-refractivity contribution in [1.29, 1.82) is 0 Å². The zero-order valence-electron chi connectivity index (χ0n) is 6.75. The molecule has 1 aromatic heterocycles. The fraction of sp³-hybridized carbons (Fsp3) is 0.429. The number of nitrogens with one attached hydrogen (secondary N) is 1. The van der Waals surface area contributed by atoms with Gasteiger partial charge in [-0.2, -0.15) is 5.10 Å². The lowest BCUT2D eigenvalue weighted by atomic mass is 10.3. The first-order valence-electron chi connectivity index (χ1n) is 3.56. The van der Waals surface area contributed by atoms with Crippen LogP contribution in [0.15, 0.2) is 12.4 Å². The van der Waals surface area contributed by atoms with Crippen molar-refractivity contribution >= 4 is 21.8 Å². The lowest BCUT2D eigenvalue weighted by Crippen LogP contribution is -2.28. The minimum atomic E-state index is -0.0109. The molecule has 4 nitrogen and oxygen atoms in total. The molecule has 0 saturated heterocycles. The van der Waals surface area contributed by atoms with Crippen LogP contribution in [-0.4, -0.2) is 39.9 Å². The molecule has 1 heterocycles. The molecule has 1 aromatic rings. The molecule has 12 heavy (non-hydrogen) atoms. The Kier molecular flexibility index (Phi) is 3.28. The van der Waals surface area contributed by atoms with Crippen molar-refractivity contribution in [1.82, 2.24) is 15.1 Å². The molecule has 0 unspecified atom stereocenters. The van der Waals surface area contributed by atoms with E-state index < -0.39 is 0 Å². The van der Waals surface area contributed by atoms with E-state index in [0.29, 0.717) is 12.1 Å². The van der Waals surface area contributed by atoms with Crippen molar-refractivity contribution in [3.8, 4) is 0 Å². The van der Waals surface area contributed by atoms with E-state index >= 15 is 0 Å². The van der Waals surface area contributed by atoms with Crippen molar-refractivity contribution in [2.45, 2.75) is 0 Å². The van der Waals surface area contributed by atoms with Gasteiger partial charge in [0.1, 0.15) is 0 Å². The van der Waals surface area contributed by atoms with Crippen LogP contribution < -0.4 is 0 Å². The smallest absolute Gasteiger partial charge is 0.256 e. The third-order valence-corrected chi connectivity index (χ3v) is 1.87. The van der Waals surface area contributed by atoms with Crippen LogP contribution in [0.5, 0.6) is 0 Å². The second-order valence-corrected chi connectivity index (χ2v) is 3.20. The van der Waals surface area contributed by atoms with E-state index in [4.69, 9.17) is 0 Å². The van der Waals surface area contributed by atoms with Crippen LogP contribution in [0, 0.1) is 0 Å². The fourth-order valence-corrected chi connectivity index (χ4v) is 1.35. The highest BCUT2D eigenvalue weighted by Crippen LogP contribution is 1.99. The van der Waals surface area contributed by atoms with Gasteiger partial charge >= 0.3 is 0 Å². The number of H-pyrrole nitrogens is 1. The summed E-state index contributed by atoms with van der Waals surface area (Å²) in [5.41, 5.74) is 0.596. The maximum Gasteiger partial charge on any atom is 0.256 e. The van der Waals surface area contributed by atoms with Crippen molar-refractivity contribution in [3.05, 3.63) is 18.0 Å². The molecule has 1 rings (SSSR count). The molecule has 0 fully saturated rings. The van der Waals surface area contributed by atoms with Gasteiger partial charge in [-0.05, 0) is 0 Å². The molecule has 0 aliphatic rings. The van der Waals surface area contributed by atoms with E-state index in [2.05, 4.69) is 26.1 Å². The number of amides is 1. The van der Waals surface area contributed by atoms with Crippen molar-refractivity contribution < 1.29 is 4.79 Å². The average molecular weight is 232 g/mol. The van der Waals surface area contributed by atoms with Gasteiger partial charge in [-0.3, -0.25) is 9.89 Å². The summed E-state index contributed by atoms with van der Waals surface area (Å²) >= 11 is 3.26. The van der Waals surface area contributed by atoms with Crippen molar-refractivity contribution in [2.75, 3.05) is 18.9 Å². The summed E-state index contributed by atoms with van der Waals surface area (Å²) in [5.74, 6) is -0.0109. The average Bonchev–Trinajstić information content (AvgIpc) is 2.55. The third-order valence-electron chi connectivity index (χ3n) is 1.51. The minimum Gasteiger partial charge on any atom is -0.341 e. The van der Waals surface area contributed by atoms with Crippen LogP contribution in [0.25, 0.3) is 0 Å². The number of halogens is 1. The van der Waals surface area contributed by atoms with Crippen molar-refractivity contribution in [2.24, 2.45) is 0 Å². The first kappa shape index (κ1) is 9.25. The van der Waals surface area contributed by atoms with Crippen molar-refractivity contribution in [3.63, 3.8) is 0 Å². The first-order chi connectivity index (χ1) is 5.75. The molecule has 0 atom stereocenters. The molecule has 1 N–H and O–H groups in total. The Balaban J connectivity index is 2.59. The van der Waals surface area contributed by atoms with Gasteiger partial charge in [-0.1, -0.05) is 15.9 Å². The van der Waals surface area contributed by atoms with Gasteiger partial charge in [0.25, 0.3) is 5.91 Å². The molecule has 0 radical (unpaired) electrons. The monoisotopic (exact) mass is 231 g/mol. The fourth-order valence-electron chi connectivity index (χ4n) is 0.817. The van der Waals surface area contributed by atoms with E-state index in [9.17, 15) is 4.79 Å². The molecule has 0 saturated carbocycles. The van der Waals surface area contributed by atoms with Crippen LogP contribution in [0.3, 0.4) is 0 Å². The Bertz CT molecular complexity index is 247. The number of carbonyl (C=O) groups is 1. The van der Waals surface area contributed by atoms with Crippen LogP contribution >= 0.6 is 15.9 Å². The topological polar surface area (TPSA) is 49.0 Å². The van der Waals surface area contributed by atoms with Gasteiger partial charge in [0.2, 0.25) is 0 Å². The number of rotatable bonds is 3. The standard InChI is InChI=1S/C7H10BrN3O/c1-11(3-2-8)7(12)6-4-9-10-5-6/h4-5H,2-3H2,1H3,(H,9,10). The summed E-state index contributed by atoms with van der Waals surface area (Å²) in [6.07, 6.45) is 3.11. The van der Waals surface area contributed by atoms with E-state index in [1.165, 1.54) is 6.20 Å². The second kappa shape index (κ2) is 4.25. The third kappa shape index (κ3) is 2.07. The molecule has 1 amide bonds. The van der Waals surface area contributed by atoms with Gasteiger partial charge in [-0.15, -0.1) is 0 Å². The molecule has 0 aromatic carbocycles. The number of hydrogen-bond acceptors (Lipinski definition) is 2. The Morgan fingerprint density at radius 3 is 3.08 bits per heavy atom. The SMILES string of the molecule is CN(CCBr)C(=O)c1cn[nH]c1. The number of nitrogens with zero attached hydrogens (tertiary/aromatic N) is 2. The quantitative estimate of drug-likeness (QED) is 0.786. The van der Waals surface area contributed by atoms with Crippen LogP contribution in [-0.2, 0) is 0 Å². The predicted molar refractivity (Wildman–Crippen MR) is 49.3 cm³/mol. The van der Waals surface area contributed by atoms with Gasteiger partial charge in [0.05, 0.1) is 11.8 Å². The number of carbonyl (C=O) groups excluding carboxylic acids is 1. The number of aromatic amines is 1. The summed E-state index contributed by atoms with van der Waals surface area (Å²) in [4.78, 5) is 13.1. The summed E-state index contributed by atoms with van der Waals surface area (Å²) in [7, 11) is 1.76. The normalized spacial score (nSPS) is 9.83. The molecule has 0 aliphatic heterocycles.